The smallest absolute Gasteiger partial charge is 0.246 e. The summed E-state index contributed by atoms with van der Waals surface area (Å²) in [6.45, 7) is 0.237. The van der Waals surface area contributed by atoms with Crippen molar-refractivity contribution in [3.05, 3.63) is 33.8 Å². The van der Waals surface area contributed by atoms with Gasteiger partial charge in [0.15, 0.2) is 0 Å². The van der Waals surface area contributed by atoms with E-state index in [0.717, 1.165) is 5.56 Å². The zero-order valence-corrected chi connectivity index (χ0v) is 11.1. The molecule has 1 amide bonds. The fourth-order valence-corrected chi connectivity index (χ4v) is 2.30. The third kappa shape index (κ3) is 2.62. The van der Waals surface area contributed by atoms with Crippen molar-refractivity contribution < 1.29 is 14.6 Å². The van der Waals surface area contributed by atoms with Gasteiger partial charge in [-0.1, -0.05) is 29.3 Å². The number of amides is 1. The summed E-state index contributed by atoms with van der Waals surface area (Å²) in [6, 6.07) is 5.18. The van der Waals surface area contributed by atoms with Crippen molar-refractivity contribution in [2.75, 3.05) is 19.8 Å². The van der Waals surface area contributed by atoms with Crippen LogP contribution in [0.2, 0.25) is 10.0 Å². The molecule has 0 aliphatic carbocycles. The number of carbonyl (C=O) groups is 1. The molecule has 1 heterocycles. The number of carbonyl (C=O) groups excluding carboxylic acids is 1. The number of rotatable bonds is 3. The van der Waals surface area contributed by atoms with Gasteiger partial charge in [0.05, 0.1) is 16.6 Å². The van der Waals surface area contributed by atoms with Crippen LogP contribution in [0.1, 0.15) is 12.0 Å². The molecule has 2 rings (SSSR count). The fourth-order valence-electron chi connectivity index (χ4n) is 2.00. The lowest BCUT2D eigenvalue weighted by Gasteiger charge is -2.37. The maximum Gasteiger partial charge on any atom is 0.246 e. The third-order valence-electron chi connectivity index (χ3n) is 3.01. The van der Waals surface area contributed by atoms with Crippen LogP contribution in [0.3, 0.4) is 0 Å². The van der Waals surface area contributed by atoms with E-state index >= 15 is 0 Å². The minimum absolute atomic E-state index is 0.0275. The number of ether oxygens (including phenoxy) is 1. The number of nitrogens with one attached hydrogen (secondary N) is 1. The molecule has 98 valence electrons. The third-order valence-corrected chi connectivity index (χ3v) is 3.75. The molecule has 1 aromatic carbocycles. The fraction of sp³-hybridized carbons (Fsp3) is 0.417. The van der Waals surface area contributed by atoms with Gasteiger partial charge < -0.3 is 15.2 Å². The van der Waals surface area contributed by atoms with E-state index in [4.69, 9.17) is 27.9 Å². The van der Waals surface area contributed by atoms with Gasteiger partial charge in [0.1, 0.15) is 12.2 Å². The SMILES string of the molecule is O=C1COC(CCO)(c2ccc(Cl)c(Cl)c2)CN1. The second-order valence-electron chi connectivity index (χ2n) is 4.16. The first-order valence-corrected chi connectivity index (χ1v) is 6.30. The Kier molecular flexibility index (Phi) is 4.12. The summed E-state index contributed by atoms with van der Waals surface area (Å²) in [5, 5.41) is 12.8. The highest BCUT2D eigenvalue weighted by molar-refractivity contribution is 6.42. The molecule has 1 fully saturated rings. The molecule has 1 aliphatic heterocycles. The van der Waals surface area contributed by atoms with Crippen molar-refractivity contribution in [1.82, 2.24) is 5.32 Å². The van der Waals surface area contributed by atoms with E-state index in [9.17, 15) is 9.90 Å². The standard InChI is InChI=1S/C12H13Cl2NO3/c13-9-2-1-8(5-10(9)14)12(3-4-16)7-15-11(17)6-18-12/h1-2,5,16H,3-4,6-7H2,(H,15,17). The number of aliphatic hydroxyl groups is 1. The van der Waals surface area contributed by atoms with Crippen LogP contribution in [0.15, 0.2) is 18.2 Å². The van der Waals surface area contributed by atoms with Crippen LogP contribution in [0.4, 0.5) is 0 Å². The van der Waals surface area contributed by atoms with E-state index in [0.29, 0.717) is 23.0 Å². The quantitative estimate of drug-likeness (QED) is 0.891. The molecule has 0 saturated carbocycles. The molecule has 0 bridgehead atoms. The maximum absolute atomic E-state index is 11.2. The molecule has 1 aromatic rings. The highest BCUT2D eigenvalue weighted by Crippen LogP contribution is 2.34. The number of hydrogen-bond acceptors (Lipinski definition) is 3. The van der Waals surface area contributed by atoms with Gasteiger partial charge in [-0.25, -0.2) is 0 Å². The first kappa shape index (κ1) is 13.6. The lowest BCUT2D eigenvalue weighted by atomic mass is 9.89. The highest BCUT2D eigenvalue weighted by atomic mass is 35.5. The first-order chi connectivity index (χ1) is 8.57. The van der Waals surface area contributed by atoms with E-state index in [-0.39, 0.29) is 19.1 Å². The van der Waals surface area contributed by atoms with Crippen LogP contribution >= 0.6 is 23.2 Å². The molecule has 6 heteroatoms. The van der Waals surface area contributed by atoms with Crippen LogP contribution in [0, 0.1) is 0 Å². The monoisotopic (exact) mass is 289 g/mol. The largest absolute Gasteiger partial charge is 0.396 e. The van der Waals surface area contributed by atoms with Crippen molar-refractivity contribution in [2.24, 2.45) is 0 Å². The zero-order chi connectivity index (χ0) is 13.2. The predicted octanol–water partition coefficient (Wildman–Crippen LogP) is 1.72. The van der Waals surface area contributed by atoms with Gasteiger partial charge in [0.25, 0.3) is 0 Å². The number of aliphatic hydroxyl groups excluding tert-OH is 1. The minimum atomic E-state index is -0.739. The molecule has 1 aliphatic rings. The Morgan fingerprint density at radius 1 is 1.39 bits per heavy atom. The molecule has 1 atom stereocenters. The number of hydrogen-bond donors (Lipinski definition) is 2. The number of halogens is 2. The highest BCUT2D eigenvalue weighted by Gasteiger charge is 2.37. The topological polar surface area (TPSA) is 58.6 Å². The Hall–Kier alpha value is -0.810. The van der Waals surface area contributed by atoms with Gasteiger partial charge in [0.2, 0.25) is 5.91 Å². The van der Waals surface area contributed by atoms with Gasteiger partial charge in [-0.2, -0.15) is 0 Å². The molecule has 4 nitrogen and oxygen atoms in total. The minimum Gasteiger partial charge on any atom is -0.396 e. The summed E-state index contributed by atoms with van der Waals surface area (Å²) >= 11 is 11.9. The lowest BCUT2D eigenvalue weighted by molar-refractivity contribution is -0.147. The van der Waals surface area contributed by atoms with Gasteiger partial charge in [0, 0.05) is 13.0 Å². The van der Waals surface area contributed by atoms with Crippen LogP contribution < -0.4 is 5.32 Å². The van der Waals surface area contributed by atoms with E-state index in [1.165, 1.54) is 0 Å². The van der Waals surface area contributed by atoms with Crippen molar-refractivity contribution in [3.63, 3.8) is 0 Å². The van der Waals surface area contributed by atoms with Gasteiger partial charge >= 0.3 is 0 Å². The molecule has 1 unspecified atom stereocenters. The molecular weight excluding hydrogens is 277 g/mol. The molecule has 0 aromatic heterocycles. The Bertz CT molecular complexity index is 455. The maximum atomic E-state index is 11.2. The Labute approximate surface area is 115 Å². The Morgan fingerprint density at radius 3 is 2.72 bits per heavy atom. The molecule has 0 spiro atoms. The van der Waals surface area contributed by atoms with E-state index in [1.54, 1.807) is 18.2 Å². The van der Waals surface area contributed by atoms with Crippen molar-refractivity contribution >= 4 is 29.1 Å². The second kappa shape index (κ2) is 5.45. The van der Waals surface area contributed by atoms with E-state index < -0.39 is 5.60 Å². The molecule has 18 heavy (non-hydrogen) atoms. The summed E-state index contributed by atoms with van der Waals surface area (Å²) in [6.07, 6.45) is 0.380. The first-order valence-electron chi connectivity index (χ1n) is 5.54. The molecule has 1 saturated heterocycles. The van der Waals surface area contributed by atoms with Crippen LogP contribution in [-0.4, -0.2) is 30.8 Å². The normalized spacial score (nSPS) is 23.8. The zero-order valence-electron chi connectivity index (χ0n) is 9.58. The summed E-state index contributed by atoms with van der Waals surface area (Å²) < 4.78 is 5.63. The summed E-state index contributed by atoms with van der Waals surface area (Å²) in [5.41, 5.74) is 0.0580. The summed E-state index contributed by atoms with van der Waals surface area (Å²) in [7, 11) is 0. The molecular formula is C12H13Cl2NO3. The van der Waals surface area contributed by atoms with Crippen molar-refractivity contribution in [3.8, 4) is 0 Å². The van der Waals surface area contributed by atoms with E-state index in [1.807, 2.05) is 0 Å². The summed E-state index contributed by atoms with van der Waals surface area (Å²) in [4.78, 5) is 11.2. The van der Waals surface area contributed by atoms with Gasteiger partial charge in [-0.15, -0.1) is 0 Å². The average Bonchev–Trinajstić information content (AvgIpc) is 2.36. The second-order valence-corrected chi connectivity index (χ2v) is 4.98. The van der Waals surface area contributed by atoms with Gasteiger partial charge in [-0.05, 0) is 17.7 Å². The van der Waals surface area contributed by atoms with Crippen molar-refractivity contribution in [1.29, 1.82) is 0 Å². The van der Waals surface area contributed by atoms with Crippen molar-refractivity contribution in [2.45, 2.75) is 12.0 Å². The average molecular weight is 290 g/mol. The number of morpholine rings is 1. The van der Waals surface area contributed by atoms with Gasteiger partial charge in [-0.3, -0.25) is 4.79 Å². The van der Waals surface area contributed by atoms with Crippen LogP contribution in [0.5, 0.6) is 0 Å². The Balaban J connectivity index is 2.34. The lowest BCUT2D eigenvalue weighted by Crippen LogP contribution is -2.50. The molecule has 2 N–H and O–H groups in total. The number of benzene rings is 1. The summed E-state index contributed by atoms with van der Waals surface area (Å²) in [5.74, 6) is -0.163. The predicted molar refractivity (Wildman–Crippen MR) is 68.8 cm³/mol. The molecule has 0 radical (unpaired) electrons. The Morgan fingerprint density at radius 2 is 2.17 bits per heavy atom. The van der Waals surface area contributed by atoms with E-state index in [2.05, 4.69) is 5.32 Å². The van der Waals surface area contributed by atoms with Crippen LogP contribution in [0.25, 0.3) is 0 Å². The van der Waals surface area contributed by atoms with Crippen LogP contribution in [-0.2, 0) is 15.1 Å².